The highest BCUT2D eigenvalue weighted by atomic mass is 16.4. The van der Waals surface area contributed by atoms with Crippen molar-refractivity contribution in [3.05, 3.63) is 24.8 Å². The van der Waals surface area contributed by atoms with Crippen LogP contribution >= 0.6 is 0 Å². The molecule has 4 nitrogen and oxygen atoms in total. The van der Waals surface area contributed by atoms with Gasteiger partial charge in [0.15, 0.2) is 5.76 Å². The standard InChI is InChI=1S/C8H8N2O2/c1-9-8-10-4-7(12-8)6-2-3-11-5-6/h2-5H,1H3,(H,9,10). The minimum atomic E-state index is 0.506. The molecule has 0 radical (unpaired) electrons. The molecule has 2 aromatic rings. The molecular formula is C8H8N2O2. The van der Waals surface area contributed by atoms with Gasteiger partial charge in [-0.15, -0.1) is 0 Å². The van der Waals surface area contributed by atoms with Crippen LogP contribution in [0.3, 0.4) is 0 Å². The normalized spacial score (nSPS) is 10.1. The average molecular weight is 164 g/mol. The Balaban J connectivity index is 2.35. The molecule has 0 aliphatic rings. The Labute approximate surface area is 69.2 Å². The number of rotatable bonds is 2. The molecule has 0 aliphatic carbocycles. The van der Waals surface area contributed by atoms with E-state index in [0.29, 0.717) is 11.8 Å². The van der Waals surface area contributed by atoms with Gasteiger partial charge in [0.1, 0.15) is 6.26 Å². The predicted molar refractivity (Wildman–Crippen MR) is 43.8 cm³/mol. The zero-order valence-corrected chi connectivity index (χ0v) is 6.57. The van der Waals surface area contributed by atoms with Gasteiger partial charge in [-0.3, -0.25) is 0 Å². The molecule has 0 amide bonds. The first-order valence-corrected chi connectivity index (χ1v) is 3.56. The molecule has 1 N–H and O–H groups in total. The lowest BCUT2D eigenvalue weighted by molar-refractivity contribution is 0.562. The summed E-state index contributed by atoms with van der Waals surface area (Å²) in [6.45, 7) is 0. The van der Waals surface area contributed by atoms with E-state index in [-0.39, 0.29) is 0 Å². The largest absolute Gasteiger partial charge is 0.472 e. The van der Waals surface area contributed by atoms with Crippen molar-refractivity contribution in [1.82, 2.24) is 4.98 Å². The molecule has 2 heterocycles. The van der Waals surface area contributed by atoms with E-state index in [2.05, 4.69) is 10.3 Å². The third-order valence-corrected chi connectivity index (χ3v) is 1.53. The predicted octanol–water partition coefficient (Wildman–Crippen LogP) is 1.98. The third kappa shape index (κ3) is 1.07. The van der Waals surface area contributed by atoms with Crippen molar-refractivity contribution in [2.45, 2.75) is 0 Å². The molecule has 0 aliphatic heterocycles. The van der Waals surface area contributed by atoms with Gasteiger partial charge >= 0.3 is 0 Å². The first-order valence-electron chi connectivity index (χ1n) is 3.56. The molecule has 4 heteroatoms. The van der Waals surface area contributed by atoms with Crippen LogP contribution in [0.4, 0.5) is 6.01 Å². The van der Waals surface area contributed by atoms with Crippen LogP contribution in [0, 0.1) is 0 Å². The van der Waals surface area contributed by atoms with E-state index in [9.17, 15) is 0 Å². The molecule has 0 spiro atoms. The number of anilines is 1. The van der Waals surface area contributed by atoms with E-state index < -0.39 is 0 Å². The SMILES string of the molecule is CNc1ncc(-c2ccoc2)o1. The summed E-state index contributed by atoms with van der Waals surface area (Å²) in [5.41, 5.74) is 0.893. The van der Waals surface area contributed by atoms with Gasteiger partial charge in [0.2, 0.25) is 0 Å². The Morgan fingerprint density at radius 2 is 2.42 bits per heavy atom. The molecule has 0 bridgehead atoms. The van der Waals surface area contributed by atoms with Crippen molar-refractivity contribution < 1.29 is 8.83 Å². The monoisotopic (exact) mass is 164 g/mol. The molecule has 0 fully saturated rings. The van der Waals surface area contributed by atoms with Crippen LogP contribution in [0.5, 0.6) is 0 Å². The summed E-state index contributed by atoms with van der Waals surface area (Å²) in [5, 5.41) is 2.80. The lowest BCUT2D eigenvalue weighted by atomic mass is 10.3. The molecule has 2 rings (SSSR count). The fourth-order valence-electron chi connectivity index (χ4n) is 0.928. The number of furan rings is 1. The number of hydrogen-bond donors (Lipinski definition) is 1. The summed E-state index contributed by atoms with van der Waals surface area (Å²) in [6.07, 6.45) is 4.85. The van der Waals surface area contributed by atoms with Crippen molar-refractivity contribution in [3.8, 4) is 11.3 Å². The van der Waals surface area contributed by atoms with Gasteiger partial charge < -0.3 is 14.2 Å². The van der Waals surface area contributed by atoms with Crippen LogP contribution in [-0.4, -0.2) is 12.0 Å². The zero-order valence-electron chi connectivity index (χ0n) is 6.57. The Hall–Kier alpha value is -1.71. The lowest BCUT2D eigenvalue weighted by Crippen LogP contribution is -1.84. The minimum absolute atomic E-state index is 0.506. The Morgan fingerprint density at radius 1 is 1.50 bits per heavy atom. The van der Waals surface area contributed by atoms with Crippen LogP contribution in [0.2, 0.25) is 0 Å². The summed E-state index contributed by atoms with van der Waals surface area (Å²) in [4.78, 5) is 3.97. The summed E-state index contributed by atoms with van der Waals surface area (Å²) in [7, 11) is 1.75. The van der Waals surface area contributed by atoms with E-state index in [1.165, 1.54) is 0 Å². The van der Waals surface area contributed by atoms with Crippen molar-refractivity contribution >= 4 is 6.01 Å². The molecule has 0 saturated carbocycles. The van der Waals surface area contributed by atoms with Crippen LogP contribution in [0.1, 0.15) is 0 Å². The second kappa shape index (κ2) is 2.73. The van der Waals surface area contributed by atoms with Crippen LogP contribution in [0.25, 0.3) is 11.3 Å². The molecule has 0 aromatic carbocycles. The topological polar surface area (TPSA) is 51.2 Å². The maximum Gasteiger partial charge on any atom is 0.294 e. The Kier molecular flexibility index (Phi) is 1.59. The number of aromatic nitrogens is 1. The number of nitrogens with one attached hydrogen (secondary N) is 1. The zero-order chi connectivity index (χ0) is 8.39. The van der Waals surface area contributed by atoms with Gasteiger partial charge in [-0.1, -0.05) is 0 Å². The van der Waals surface area contributed by atoms with Gasteiger partial charge in [0, 0.05) is 7.05 Å². The van der Waals surface area contributed by atoms with E-state index in [0.717, 1.165) is 5.56 Å². The Bertz CT molecular complexity index is 351. The molecule has 0 unspecified atom stereocenters. The molecule has 2 aromatic heterocycles. The molecule has 12 heavy (non-hydrogen) atoms. The molecule has 0 saturated heterocycles. The van der Waals surface area contributed by atoms with Crippen molar-refractivity contribution in [2.75, 3.05) is 12.4 Å². The first-order chi connectivity index (χ1) is 5.90. The van der Waals surface area contributed by atoms with Crippen LogP contribution in [0.15, 0.2) is 33.6 Å². The van der Waals surface area contributed by atoms with Crippen LogP contribution in [-0.2, 0) is 0 Å². The first kappa shape index (κ1) is 6.97. The second-order valence-corrected chi connectivity index (χ2v) is 2.29. The van der Waals surface area contributed by atoms with Gasteiger partial charge in [-0.2, -0.15) is 0 Å². The van der Waals surface area contributed by atoms with E-state index in [1.54, 1.807) is 25.8 Å². The Morgan fingerprint density at radius 3 is 3.00 bits per heavy atom. The summed E-state index contributed by atoms with van der Waals surface area (Å²) < 4.78 is 10.2. The quantitative estimate of drug-likeness (QED) is 0.737. The number of oxazole rings is 1. The maximum absolute atomic E-state index is 5.29. The molecular weight excluding hydrogens is 156 g/mol. The highest BCUT2D eigenvalue weighted by molar-refractivity contribution is 5.55. The summed E-state index contributed by atoms with van der Waals surface area (Å²) in [6, 6.07) is 2.33. The summed E-state index contributed by atoms with van der Waals surface area (Å²) >= 11 is 0. The lowest BCUT2D eigenvalue weighted by Gasteiger charge is -1.88. The van der Waals surface area contributed by atoms with Gasteiger partial charge in [0.05, 0.1) is 18.0 Å². The third-order valence-electron chi connectivity index (χ3n) is 1.53. The fourth-order valence-corrected chi connectivity index (χ4v) is 0.928. The molecule has 62 valence electrons. The van der Waals surface area contributed by atoms with Gasteiger partial charge in [-0.05, 0) is 6.07 Å². The van der Waals surface area contributed by atoms with Crippen LogP contribution < -0.4 is 5.32 Å². The minimum Gasteiger partial charge on any atom is -0.472 e. The number of nitrogens with zero attached hydrogens (tertiary/aromatic N) is 1. The highest BCUT2D eigenvalue weighted by Crippen LogP contribution is 2.21. The number of hydrogen-bond acceptors (Lipinski definition) is 4. The fraction of sp³-hybridized carbons (Fsp3) is 0.125. The maximum atomic E-state index is 5.29. The van der Waals surface area contributed by atoms with E-state index in [1.807, 2.05) is 6.07 Å². The highest BCUT2D eigenvalue weighted by Gasteiger charge is 2.04. The summed E-state index contributed by atoms with van der Waals surface area (Å²) in [5.74, 6) is 0.702. The van der Waals surface area contributed by atoms with Crippen molar-refractivity contribution in [3.63, 3.8) is 0 Å². The van der Waals surface area contributed by atoms with E-state index >= 15 is 0 Å². The van der Waals surface area contributed by atoms with Crippen molar-refractivity contribution in [2.24, 2.45) is 0 Å². The average Bonchev–Trinajstić information content (AvgIpc) is 2.75. The smallest absolute Gasteiger partial charge is 0.294 e. The van der Waals surface area contributed by atoms with E-state index in [4.69, 9.17) is 8.83 Å². The molecule has 0 atom stereocenters. The second-order valence-electron chi connectivity index (χ2n) is 2.29. The van der Waals surface area contributed by atoms with Gasteiger partial charge in [0.25, 0.3) is 6.01 Å². The van der Waals surface area contributed by atoms with Crippen molar-refractivity contribution in [1.29, 1.82) is 0 Å². The van der Waals surface area contributed by atoms with Gasteiger partial charge in [-0.25, -0.2) is 4.98 Å².